The summed E-state index contributed by atoms with van der Waals surface area (Å²) in [5.74, 6) is -0.905. The van der Waals surface area contributed by atoms with Gasteiger partial charge in [0.2, 0.25) is 6.41 Å². The molecule has 1 saturated heterocycles. The summed E-state index contributed by atoms with van der Waals surface area (Å²) in [5, 5.41) is 0. The van der Waals surface area contributed by atoms with Crippen LogP contribution in [0.4, 0.5) is 9.18 Å². The fourth-order valence-electron chi connectivity index (χ4n) is 4.16. The molecule has 7 heteroatoms. The summed E-state index contributed by atoms with van der Waals surface area (Å²) in [6.07, 6.45) is 1.26. The van der Waals surface area contributed by atoms with Gasteiger partial charge in [0.25, 0.3) is 5.91 Å². The molecule has 2 aromatic carbocycles. The largest absolute Gasteiger partial charge is 0.444 e. The number of amides is 3. The van der Waals surface area contributed by atoms with Gasteiger partial charge in [-0.3, -0.25) is 14.5 Å². The molecule has 2 aromatic rings. The molecule has 0 aromatic heterocycles. The summed E-state index contributed by atoms with van der Waals surface area (Å²) in [7, 11) is 0. The number of hydrogen-bond acceptors (Lipinski definition) is 4. The van der Waals surface area contributed by atoms with Crippen molar-refractivity contribution < 1.29 is 23.5 Å². The number of ether oxygens (including phenoxy) is 1. The van der Waals surface area contributed by atoms with E-state index in [-0.39, 0.29) is 24.4 Å². The van der Waals surface area contributed by atoms with Crippen molar-refractivity contribution in [3.63, 3.8) is 0 Å². The Bertz CT molecular complexity index is 1020. The highest BCUT2D eigenvalue weighted by Crippen LogP contribution is 2.33. The number of likely N-dealkylation sites (tertiary alicyclic amines) is 1. The highest BCUT2D eigenvalue weighted by Gasteiger charge is 2.30. The van der Waals surface area contributed by atoms with Gasteiger partial charge in [-0.2, -0.15) is 0 Å². The van der Waals surface area contributed by atoms with Crippen LogP contribution in [0.15, 0.2) is 42.5 Å². The number of nitrogens with zero attached hydrogens (tertiary/aromatic N) is 2. The number of halogens is 1. The van der Waals surface area contributed by atoms with Crippen molar-refractivity contribution in [1.29, 1.82) is 0 Å². The Hall–Kier alpha value is -3.22. The minimum atomic E-state index is -0.575. The van der Waals surface area contributed by atoms with Gasteiger partial charge >= 0.3 is 6.09 Å². The van der Waals surface area contributed by atoms with Crippen molar-refractivity contribution in [2.45, 2.75) is 58.6 Å². The third kappa shape index (κ3) is 5.97. The van der Waals surface area contributed by atoms with E-state index in [4.69, 9.17) is 4.74 Å². The minimum Gasteiger partial charge on any atom is -0.444 e. The topological polar surface area (TPSA) is 66.9 Å². The van der Waals surface area contributed by atoms with Crippen LogP contribution in [0.1, 0.15) is 66.6 Å². The molecular weight excluding hydrogens is 423 g/mol. The van der Waals surface area contributed by atoms with Crippen molar-refractivity contribution in [3.8, 4) is 0 Å². The average molecular weight is 455 g/mol. The Morgan fingerprint density at radius 1 is 1.12 bits per heavy atom. The van der Waals surface area contributed by atoms with Gasteiger partial charge in [-0.05, 0) is 75.3 Å². The van der Waals surface area contributed by atoms with Gasteiger partial charge in [0.1, 0.15) is 11.4 Å². The summed E-state index contributed by atoms with van der Waals surface area (Å²) in [5.41, 5.74) is 1.73. The first kappa shape index (κ1) is 24.4. The summed E-state index contributed by atoms with van der Waals surface area (Å²) in [4.78, 5) is 39.8. The van der Waals surface area contributed by atoms with Crippen molar-refractivity contribution in [1.82, 2.24) is 9.80 Å². The maximum Gasteiger partial charge on any atom is 0.410 e. The quantitative estimate of drug-likeness (QED) is 0.593. The summed E-state index contributed by atoms with van der Waals surface area (Å²) >= 11 is 0. The third-order valence-electron chi connectivity index (χ3n) is 5.80. The molecule has 3 rings (SSSR count). The maximum absolute atomic E-state index is 15.0. The van der Waals surface area contributed by atoms with E-state index in [0.717, 1.165) is 10.5 Å². The molecule has 0 bridgehead atoms. The van der Waals surface area contributed by atoms with Crippen molar-refractivity contribution in [2.75, 3.05) is 13.1 Å². The zero-order valence-corrected chi connectivity index (χ0v) is 19.6. The molecule has 0 saturated carbocycles. The van der Waals surface area contributed by atoms with Gasteiger partial charge in [-0.1, -0.05) is 30.3 Å². The van der Waals surface area contributed by atoms with Crippen LogP contribution < -0.4 is 0 Å². The van der Waals surface area contributed by atoms with E-state index < -0.39 is 11.5 Å². The first-order valence-electron chi connectivity index (χ1n) is 11.2. The van der Waals surface area contributed by atoms with Gasteiger partial charge in [0.05, 0.1) is 6.54 Å². The van der Waals surface area contributed by atoms with Gasteiger partial charge in [0, 0.05) is 18.7 Å². The third-order valence-corrected chi connectivity index (χ3v) is 5.80. The number of carbonyl (C=O) groups is 3. The minimum absolute atomic E-state index is 0.0178. The van der Waals surface area contributed by atoms with E-state index >= 15 is 0 Å². The zero-order valence-electron chi connectivity index (χ0n) is 19.6. The van der Waals surface area contributed by atoms with E-state index in [0.29, 0.717) is 49.0 Å². The highest BCUT2D eigenvalue weighted by atomic mass is 19.1. The number of carbonyl (C=O) groups excluding carboxylic acids is 3. The molecule has 33 heavy (non-hydrogen) atoms. The summed E-state index contributed by atoms with van der Waals surface area (Å²) < 4.78 is 20.4. The number of imide groups is 1. The second-order valence-corrected chi connectivity index (χ2v) is 9.41. The lowest BCUT2D eigenvalue weighted by atomic mass is 9.86. The van der Waals surface area contributed by atoms with Crippen LogP contribution in [0.3, 0.4) is 0 Å². The normalized spacial score (nSPS) is 14.6. The lowest BCUT2D eigenvalue weighted by Crippen LogP contribution is -2.41. The summed E-state index contributed by atoms with van der Waals surface area (Å²) in [6, 6.07) is 11.8. The number of rotatable bonds is 5. The summed E-state index contributed by atoms with van der Waals surface area (Å²) in [6.45, 7) is 8.15. The molecule has 0 radical (unpaired) electrons. The lowest BCUT2D eigenvalue weighted by Gasteiger charge is -2.34. The standard InChI is InChI=1S/C26H31FN2O4/c1-18-8-5-6-10-21(18)24(31)29(17-30)16-20-9-7-11-22(27)23(20)19-12-14-28(15-13-19)25(32)33-26(2,3)4/h5-11,17,19H,12-16H2,1-4H3. The Balaban J connectivity index is 1.77. The smallest absolute Gasteiger partial charge is 0.410 e. The van der Waals surface area contributed by atoms with E-state index in [1.165, 1.54) is 6.07 Å². The molecule has 1 aliphatic rings. The first-order valence-corrected chi connectivity index (χ1v) is 11.2. The van der Waals surface area contributed by atoms with E-state index in [2.05, 4.69) is 0 Å². The molecule has 0 unspecified atom stereocenters. The van der Waals surface area contributed by atoms with Gasteiger partial charge < -0.3 is 9.64 Å². The molecule has 0 atom stereocenters. The molecule has 3 amide bonds. The van der Waals surface area contributed by atoms with Crippen LogP contribution in [0.5, 0.6) is 0 Å². The zero-order chi connectivity index (χ0) is 24.2. The van der Waals surface area contributed by atoms with Crippen molar-refractivity contribution >= 4 is 18.4 Å². The lowest BCUT2D eigenvalue weighted by molar-refractivity contribution is -0.116. The maximum atomic E-state index is 15.0. The van der Waals surface area contributed by atoms with E-state index in [9.17, 15) is 18.8 Å². The van der Waals surface area contributed by atoms with Crippen LogP contribution in [-0.2, 0) is 16.1 Å². The SMILES string of the molecule is Cc1ccccc1C(=O)N(C=O)Cc1cccc(F)c1C1CCN(C(=O)OC(C)(C)C)CC1. The Kier molecular flexibility index (Phi) is 7.51. The fraction of sp³-hybridized carbons (Fsp3) is 0.423. The second-order valence-electron chi connectivity index (χ2n) is 9.41. The Morgan fingerprint density at radius 2 is 1.79 bits per heavy atom. The molecule has 1 aliphatic heterocycles. The first-order chi connectivity index (χ1) is 15.6. The number of benzene rings is 2. The monoisotopic (exact) mass is 454 g/mol. The second kappa shape index (κ2) is 10.1. The van der Waals surface area contributed by atoms with Crippen molar-refractivity contribution in [2.24, 2.45) is 0 Å². The molecule has 1 fully saturated rings. The number of hydrogen-bond donors (Lipinski definition) is 0. The molecule has 0 spiro atoms. The average Bonchev–Trinajstić information content (AvgIpc) is 2.76. The molecular formula is C26H31FN2O4. The van der Waals surface area contributed by atoms with Crippen LogP contribution in [0.2, 0.25) is 0 Å². The molecule has 6 nitrogen and oxygen atoms in total. The van der Waals surface area contributed by atoms with Gasteiger partial charge in [0.15, 0.2) is 0 Å². The van der Waals surface area contributed by atoms with Gasteiger partial charge in [-0.15, -0.1) is 0 Å². The van der Waals surface area contributed by atoms with Crippen LogP contribution >= 0.6 is 0 Å². The Morgan fingerprint density at radius 3 is 2.39 bits per heavy atom. The number of aryl methyl sites for hydroxylation is 1. The van der Waals surface area contributed by atoms with Gasteiger partial charge in [-0.25, -0.2) is 9.18 Å². The predicted molar refractivity (Wildman–Crippen MR) is 123 cm³/mol. The van der Waals surface area contributed by atoms with Crippen LogP contribution in [0.25, 0.3) is 0 Å². The highest BCUT2D eigenvalue weighted by molar-refractivity contribution is 6.00. The fourth-order valence-corrected chi connectivity index (χ4v) is 4.16. The molecule has 1 heterocycles. The molecule has 0 aliphatic carbocycles. The van der Waals surface area contributed by atoms with Crippen LogP contribution in [-0.4, -0.2) is 46.9 Å². The van der Waals surface area contributed by atoms with E-state index in [1.807, 2.05) is 39.8 Å². The van der Waals surface area contributed by atoms with Crippen molar-refractivity contribution in [3.05, 3.63) is 70.5 Å². The Labute approximate surface area is 194 Å². The molecule has 176 valence electrons. The van der Waals surface area contributed by atoms with Crippen LogP contribution in [0, 0.1) is 12.7 Å². The molecule has 0 N–H and O–H groups in total. The predicted octanol–water partition coefficient (Wildman–Crippen LogP) is 5.05. The van der Waals surface area contributed by atoms with E-state index in [1.54, 1.807) is 29.2 Å². The number of piperidine rings is 1.